The number of hydrogen-bond donors (Lipinski definition) is 3. The molecule has 24 heavy (non-hydrogen) atoms. The molecular weight excluding hydrogens is 330 g/mol. The molecule has 0 heterocycles. The molecule has 0 aromatic heterocycles. The summed E-state index contributed by atoms with van der Waals surface area (Å²) in [6.45, 7) is 0.467. The fourth-order valence-corrected chi connectivity index (χ4v) is 3.79. The third-order valence-corrected chi connectivity index (χ3v) is 5.57. The Morgan fingerprint density at radius 2 is 1.96 bits per heavy atom. The molecule has 1 aromatic carbocycles. The van der Waals surface area contributed by atoms with Gasteiger partial charge in [-0.05, 0) is 43.0 Å². The largest absolute Gasteiger partial charge is 0.495 e. The topological polar surface area (TPSA) is 125 Å². The maximum Gasteiger partial charge on any atom is 0.238 e. The maximum atomic E-state index is 12.5. The molecule has 0 saturated heterocycles. The van der Waals surface area contributed by atoms with Crippen LogP contribution in [0, 0.1) is 5.41 Å². The van der Waals surface area contributed by atoms with Crippen LogP contribution in [0.25, 0.3) is 0 Å². The van der Waals surface area contributed by atoms with E-state index < -0.39 is 10.0 Å². The van der Waals surface area contributed by atoms with Crippen molar-refractivity contribution < 1.29 is 17.9 Å². The fourth-order valence-electron chi connectivity index (χ4n) is 3.25. The van der Waals surface area contributed by atoms with Crippen LogP contribution in [-0.2, 0) is 14.8 Å². The summed E-state index contributed by atoms with van der Waals surface area (Å²) >= 11 is 0. The van der Waals surface area contributed by atoms with Gasteiger partial charge in [0.15, 0.2) is 0 Å². The van der Waals surface area contributed by atoms with Crippen LogP contribution in [-0.4, -0.2) is 28.0 Å². The van der Waals surface area contributed by atoms with E-state index in [-0.39, 0.29) is 21.9 Å². The highest BCUT2D eigenvalue weighted by Crippen LogP contribution is 2.39. The lowest BCUT2D eigenvalue weighted by molar-refractivity contribution is -0.118. The number of nitrogens with one attached hydrogen (secondary N) is 1. The van der Waals surface area contributed by atoms with Crippen molar-refractivity contribution in [2.24, 2.45) is 16.3 Å². The second-order valence-electron chi connectivity index (χ2n) is 6.40. The number of rotatable bonds is 6. The number of primary sulfonamides is 1. The van der Waals surface area contributed by atoms with Gasteiger partial charge in [0.25, 0.3) is 0 Å². The molecule has 1 aliphatic carbocycles. The number of carbonyl (C=O) groups excluding carboxylic acids is 1. The van der Waals surface area contributed by atoms with Crippen LogP contribution < -0.4 is 20.9 Å². The molecule has 1 aliphatic rings. The molecule has 0 atom stereocenters. The van der Waals surface area contributed by atoms with Crippen molar-refractivity contribution in [1.29, 1.82) is 0 Å². The van der Waals surface area contributed by atoms with Gasteiger partial charge in [-0.2, -0.15) is 0 Å². The average Bonchev–Trinajstić information content (AvgIpc) is 2.54. The van der Waals surface area contributed by atoms with E-state index in [1.165, 1.54) is 31.7 Å². The number of carbonyl (C=O) groups is 1. The van der Waals surface area contributed by atoms with Gasteiger partial charge >= 0.3 is 0 Å². The third-order valence-electron chi connectivity index (χ3n) is 4.66. The van der Waals surface area contributed by atoms with Crippen molar-refractivity contribution in [3.63, 3.8) is 0 Å². The van der Waals surface area contributed by atoms with Crippen molar-refractivity contribution in [2.75, 3.05) is 19.0 Å². The molecule has 8 heteroatoms. The molecule has 0 bridgehead atoms. The number of anilines is 1. The van der Waals surface area contributed by atoms with Crippen LogP contribution in [0.4, 0.5) is 5.69 Å². The molecule has 1 amide bonds. The molecule has 134 valence electrons. The van der Waals surface area contributed by atoms with Crippen LogP contribution in [0.5, 0.6) is 5.75 Å². The first kappa shape index (κ1) is 18.7. The number of benzene rings is 1. The minimum atomic E-state index is -3.86. The molecule has 1 aromatic rings. The summed E-state index contributed by atoms with van der Waals surface area (Å²) in [5.74, 6) is 0.174. The predicted molar refractivity (Wildman–Crippen MR) is 92.2 cm³/mol. The van der Waals surface area contributed by atoms with Gasteiger partial charge in [-0.25, -0.2) is 13.6 Å². The Morgan fingerprint density at radius 1 is 1.29 bits per heavy atom. The van der Waals surface area contributed by atoms with Gasteiger partial charge in [0.2, 0.25) is 15.9 Å². The molecule has 5 N–H and O–H groups in total. The third kappa shape index (κ3) is 4.46. The van der Waals surface area contributed by atoms with Crippen LogP contribution in [0.1, 0.15) is 38.5 Å². The normalized spacial score (nSPS) is 17.3. The lowest BCUT2D eigenvalue weighted by atomic mass is 9.71. The molecule has 1 fully saturated rings. The van der Waals surface area contributed by atoms with Crippen molar-refractivity contribution >= 4 is 21.6 Å². The zero-order valence-electron chi connectivity index (χ0n) is 13.9. The van der Waals surface area contributed by atoms with Crippen LogP contribution in [0.15, 0.2) is 23.1 Å². The zero-order valence-corrected chi connectivity index (χ0v) is 14.7. The maximum absolute atomic E-state index is 12.5. The van der Waals surface area contributed by atoms with E-state index in [1.807, 2.05) is 0 Å². The van der Waals surface area contributed by atoms with Crippen LogP contribution in [0.3, 0.4) is 0 Å². The molecule has 1 saturated carbocycles. The first-order valence-corrected chi connectivity index (χ1v) is 9.55. The van der Waals surface area contributed by atoms with Gasteiger partial charge in [-0.3, -0.25) is 4.79 Å². The molecule has 0 unspecified atom stereocenters. The van der Waals surface area contributed by atoms with Gasteiger partial charge in [-0.1, -0.05) is 19.3 Å². The molecule has 0 radical (unpaired) electrons. The Labute approximate surface area is 142 Å². The van der Waals surface area contributed by atoms with E-state index in [0.29, 0.717) is 18.7 Å². The number of ether oxygens (including phenoxy) is 1. The summed E-state index contributed by atoms with van der Waals surface area (Å²) in [4.78, 5) is 12.4. The second kappa shape index (κ2) is 7.50. The van der Waals surface area contributed by atoms with Crippen molar-refractivity contribution in [2.45, 2.75) is 43.4 Å². The molecule has 7 nitrogen and oxygen atoms in total. The Balaban J connectivity index is 2.18. The van der Waals surface area contributed by atoms with E-state index in [0.717, 1.165) is 25.7 Å². The molecule has 0 spiro atoms. The summed E-state index contributed by atoms with van der Waals surface area (Å²) in [7, 11) is -2.41. The van der Waals surface area contributed by atoms with Crippen molar-refractivity contribution in [3.05, 3.63) is 18.2 Å². The van der Waals surface area contributed by atoms with E-state index in [1.54, 1.807) is 0 Å². The summed E-state index contributed by atoms with van der Waals surface area (Å²) in [5, 5.41) is 7.88. The minimum absolute atomic E-state index is 0.0789. The lowest BCUT2D eigenvalue weighted by Gasteiger charge is -2.35. The minimum Gasteiger partial charge on any atom is -0.495 e. The first-order valence-electron chi connectivity index (χ1n) is 8.00. The Morgan fingerprint density at radius 3 is 2.50 bits per heavy atom. The van der Waals surface area contributed by atoms with E-state index in [4.69, 9.17) is 15.6 Å². The summed E-state index contributed by atoms with van der Waals surface area (Å²) < 4.78 is 28.2. The number of nitrogens with two attached hydrogens (primary N) is 2. The summed E-state index contributed by atoms with van der Waals surface area (Å²) in [5.41, 5.74) is 6.03. The highest BCUT2D eigenvalue weighted by Gasteiger charge is 2.33. The van der Waals surface area contributed by atoms with Crippen LogP contribution in [0.2, 0.25) is 0 Å². The van der Waals surface area contributed by atoms with Crippen molar-refractivity contribution in [1.82, 2.24) is 0 Å². The fraction of sp³-hybridized carbons (Fsp3) is 0.562. The van der Waals surface area contributed by atoms with Gasteiger partial charge in [0, 0.05) is 6.42 Å². The zero-order chi connectivity index (χ0) is 17.8. The monoisotopic (exact) mass is 355 g/mol. The van der Waals surface area contributed by atoms with Gasteiger partial charge in [0.05, 0.1) is 17.7 Å². The average molecular weight is 355 g/mol. The Bertz CT molecular complexity index is 697. The molecular formula is C16H25N3O4S. The SMILES string of the molecule is COc1ccc(S(N)(=O)=O)cc1NC(=O)CC1(CN)CCCCC1. The molecule has 2 rings (SSSR count). The molecule has 0 aliphatic heterocycles. The number of methoxy groups -OCH3 is 1. The Kier molecular flexibility index (Phi) is 5.84. The van der Waals surface area contributed by atoms with E-state index in [9.17, 15) is 13.2 Å². The summed E-state index contributed by atoms with van der Waals surface area (Å²) in [6, 6.07) is 4.11. The quantitative estimate of drug-likeness (QED) is 0.714. The van der Waals surface area contributed by atoms with Crippen LogP contribution >= 0.6 is 0 Å². The second-order valence-corrected chi connectivity index (χ2v) is 7.96. The highest BCUT2D eigenvalue weighted by atomic mass is 32.2. The standard InChI is InChI=1S/C16H25N3O4S/c1-23-14-6-5-12(24(18,21)22)9-13(14)19-15(20)10-16(11-17)7-3-2-4-8-16/h5-6,9H,2-4,7-8,10-11,17H2,1H3,(H,19,20)(H2,18,21,22). The predicted octanol–water partition coefficient (Wildman–Crippen LogP) is 1.58. The lowest BCUT2D eigenvalue weighted by Crippen LogP contribution is -2.36. The first-order chi connectivity index (χ1) is 11.3. The number of sulfonamides is 1. The number of amides is 1. The van der Waals surface area contributed by atoms with Gasteiger partial charge in [-0.15, -0.1) is 0 Å². The van der Waals surface area contributed by atoms with Gasteiger partial charge in [0.1, 0.15) is 5.75 Å². The Hall–Kier alpha value is -1.64. The highest BCUT2D eigenvalue weighted by molar-refractivity contribution is 7.89. The van der Waals surface area contributed by atoms with Gasteiger partial charge < -0.3 is 15.8 Å². The smallest absolute Gasteiger partial charge is 0.238 e. The van der Waals surface area contributed by atoms with E-state index in [2.05, 4.69) is 5.32 Å². The van der Waals surface area contributed by atoms with E-state index >= 15 is 0 Å². The van der Waals surface area contributed by atoms with Crippen molar-refractivity contribution in [3.8, 4) is 5.75 Å². The summed E-state index contributed by atoms with van der Waals surface area (Å²) in [6.07, 6.45) is 5.51. The number of hydrogen-bond acceptors (Lipinski definition) is 5.